The quantitative estimate of drug-likeness (QED) is 0.721. The number of nitrogens with one attached hydrogen (secondary N) is 1. The van der Waals surface area contributed by atoms with Crippen LogP contribution in [0.5, 0.6) is 0 Å². The Morgan fingerprint density at radius 2 is 1.76 bits per heavy atom. The SMILES string of the molecule is CN(C)c1ccc(Nc2ncnc3ccc(N)cc23)cc1. The van der Waals surface area contributed by atoms with E-state index in [4.69, 9.17) is 5.73 Å². The third-order valence-corrected chi connectivity index (χ3v) is 3.31. The first-order valence-electron chi connectivity index (χ1n) is 6.68. The Hall–Kier alpha value is -2.82. The Morgan fingerprint density at radius 3 is 2.48 bits per heavy atom. The van der Waals surface area contributed by atoms with Crippen LogP contribution in [0.15, 0.2) is 48.8 Å². The molecule has 3 rings (SSSR count). The predicted molar refractivity (Wildman–Crippen MR) is 88.0 cm³/mol. The third kappa shape index (κ3) is 2.72. The maximum atomic E-state index is 5.85. The number of nitrogens with zero attached hydrogens (tertiary/aromatic N) is 3. The number of anilines is 4. The summed E-state index contributed by atoms with van der Waals surface area (Å²) in [7, 11) is 4.03. The largest absolute Gasteiger partial charge is 0.399 e. The van der Waals surface area contributed by atoms with Crippen LogP contribution in [0.4, 0.5) is 22.9 Å². The first-order valence-corrected chi connectivity index (χ1v) is 6.68. The maximum absolute atomic E-state index is 5.85. The highest BCUT2D eigenvalue weighted by molar-refractivity contribution is 5.92. The number of benzene rings is 2. The van der Waals surface area contributed by atoms with Crippen LogP contribution < -0.4 is 16.0 Å². The number of nitrogens with two attached hydrogens (primary N) is 1. The van der Waals surface area contributed by atoms with Gasteiger partial charge in [-0.2, -0.15) is 0 Å². The van der Waals surface area contributed by atoms with Gasteiger partial charge in [-0.3, -0.25) is 0 Å². The average Bonchev–Trinajstić information content (AvgIpc) is 2.48. The summed E-state index contributed by atoms with van der Waals surface area (Å²) in [5.74, 6) is 0.755. The fourth-order valence-corrected chi connectivity index (χ4v) is 2.15. The summed E-state index contributed by atoms with van der Waals surface area (Å²) in [5.41, 5.74) is 9.54. The molecule has 0 aliphatic rings. The minimum atomic E-state index is 0.698. The molecule has 0 fully saturated rings. The lowest BCUT2D eigenvalue weighted by atomic mass is 10.2. The molecule has 0 aliphatic heterocycles. The average molecular weight is 279 g/mol. The zero-order chi connectivity index (χ0) is 14.8. The minimum absolute atomic E-state index is 0.698. The van der Waals surface area contributed by atoms with Crippen molar-refractivity contribution in [3.05, 3.63) is 48.8 Å². The van der Waals surface area contributed by atoms with Crippen molar-refractivity contribution in [2.75, 3.05) is 30.0 Å². The number of aromatic nitrogens is 2. The zero-order valence-corrected chi connectivity index (χ0v) is 12.0. The van der Waals surface area contributed by atoms with E-state index >= 15 is 0 Å². The second kappa shape index (κ2) is 5.28. The van der Waals surface area contributed by atoms with Gasteiger partial charge in [0, 0.05) is 36.5 Å². The van der Waals surface area contributed by atoms with Gasteiger partial charge in [-0.05, 0) is 42.5 Å². The summed E-state index contributed by atoms with van der Waals surface area (Å²) >= 11 is 0. The molecule has 3 N–H and O–H groups in total. The van der Waals surface area contributed by atoms with Crippen molar-refractivity contribution in [1.29, 1.82) is 0 Å². The highest BCUT2D eigenvalue weighted by atomic mass is 15.1. The lowest BCUT2D eigenvalue weighted by Gasteiger charge is -2.13. The van der Waals surface area contributed by atoms with Gasteiger partial charge in [0.1, 0.15) is 12.1 Å². The Balaban J connectivity index is 1.96. The summed E-state index contributed by atoms with van der Waals surface area (Å²) in [6.45, 7) is 0. The van der Waals surface area contributed by atoms with Crippen molar-refractivity contribution in [1.82, 2.24) is 9.97 Å². The summed E-state index contributed by atoms with van der Waals surface area (Å²) < 4.78 is 0. The Kier molecular flexibility index (Phi) is 3.31. The van der Waals surface area contributed by atoms with E-state index in [2.05, 4.69) is 32.3 Å². The molecule has 5 heteroatoms. The van der Waals surface area contributed by atoms with E-state index in [0.29, 0.717) is 5.69 Å². The Morgan fingerprint density at radius 1 is 1.00 bits per heavy atom. The van der Waals surface area contributed by atoms with Gasteiger partial charge in [0.25, 0.3) is 0 Å². The molecule has 5 nitrogen and oxygen atoms in total. The van der Waals surface area contributed by atoms with Gasteiger partial charge in [0.05, 0.1) is 5.52 Å². The van der Waals surface area contributed by atoms with Crippen molar-refractivity contribution in [2.45, 2.75) is 0 Å². The van der Waals surface area contributed by atoms with Gasteiger partial charge in [0.2, 0.25) is 0 Å². The first kappa shape index (κ1) is 13.2. The number of rotatable bonds is 3. The Bertz CT molecular complexity index is 765. The fourth-order valence-electron chi connectivity index (χ4n) is 2.15. The molecule has 2 aromatic carbocycles. The van der Waals surface area contributed by atoms with Crippen LogP contribution in [-0.4, -0.2) is 24.1 Å². The van der Waals surface area contributed by atoms with Crippen LogP contribution in [0.2, 0.25) is 0 Å². The summed E-state index contributed by atoms with van der Waals surface area (Å²) in [4.78, 5) is 10.6. The second-order valence-corrected chi connectivity index (χ2v) is 5.07. The van der Waals surface area contributed by atoms with Crippen LogP contribution in [0.3, 0.4) is 0 Å². The van der Waals surface area contributed by atoms with Crippen LogP contribution in [0.1, 0.15) is 0 Å². The van der Waals surface area contributed by atoms with Crippen LogP contribution in [0, 0.1) is 0 Å². The molecule has 0 amide bonds. The normalized spacial score (nSPS) is 10.6. The lowest BCUT2D eigenvalue weighted by molar-refractivity contribution is 1.13. The van der Waals surface area contributed by atoms with E-state index in [1.807, 2.05) is 44.4 Å². The summed E-state index contributed by atoms with van der Waals surface area (Å²) in [6, 6.07) is 13.8. The number of hydrogen-bond acceptors (Lipinski definition) is 5. The number of nitrogen functional groups attached to an aromatic ring is 1. The smallest absolute Gasteiger partial charge is 0.141 e. The Labute approximate surface area is 123 Å². The molecule has 1 aromatic heterocycles. The zero-order valence-electron chi connectivity index (χ0n) is 12.0. The topological polar surface area (TPSA) is 67.1 Å². The monoisotopic (exact) mass is 279 g/mol. The molecule has 0 unspecified atom stereocenters. The van der Waals surface area contributed by atoms with Gasteiger partial charge in [0.15, 0.2) is 0 Å². The van der Waals surface area contributed by atoms with Gasteiger partial charge in [-0.15, -0.1) is 0 Å². The molecule has 0 spiro atoms. The molecule has 0 saturated carbocycles. The molecule has 3 aromatic rings. The van der Waals surface area contributed by atoms with E-state index in [0.717, 1.165) is 28.1 Å². The van der Waals surface area contributed by atoms with Crippen molar-refractivity contribution >= 4 is 33.8 Å². The molecule has 0 bridgehead atoms. The second-order valence-electron chi connectivity index (χ2n) is 5.07. The van der Waals surface area contributed by atoms with Crippen molar-refractivity contribution in [3.8, 4) is 0 Å². The van der Waals surface area contributed by atoms with Gasteiger partial charge in [-0.25, -0.2) is 9.97 Å². The predicted octanol–water partition coefficient (Wildman–Crippen LogP) is 3.02. The summed E-state index contributed by atoms with van der Waals surface area (Å²) in [5, 5.41) is 4.23. The van der Waals surface area contributed by atoms with Gasteiger partial charge in [-0.1, -0.05) is 0 Å². The van der Waals surface area contributed by atoms with E-state index in [1.165, 1.54) is 0 Å². The van der Waals surface area contributed by atoms with Gasteiger partial charge >= 0.3 is 0 Å². The first-order chi connectivity index (χ1) is 10.1. The van der Waals surface area contributed by atoms with E-state index in [9.17, 15) is 0 Å². The summed E-state index contributed by atoms with van der Waals surface area (Å²) in [6.07, 6.45) is 1.55. The standard InChI is InChI=1S/C16H17N5/c1-21(2)13-6-4-12(5-7-13)20-16-14-9-11(17)3-8-15(14)18-10-19-16/h3-10H,17H2,1-2H3,(H,18,19,20). The third-order valence-electron chi connectivity index (χ3n) is 3.31. The minimum Gasteiger partial charge on any atom is -0.399 e. The highest BCUT2D eigenvalue weighted by Gasteiger charge is 2.05. The number of hydrogen-bond donors (Lipinski definition) is 2. The molecule has 0 aliphatic carbocycles. The van der Waals surface area contributed by atoms with Gasteiger partial charge < -0.3 is 16.0 Å². The molecular formula is C16H17N5. The molecule has 0 saturated heterocycles. The van der Waals surface area contributed by atoms with Crippen LogP contribution >= 0.6 is 0 Å². The van der Waals surface area contributed by atoms with Crippen LogP contribution in [-0.2, 0) is 0 Å². The molecule has 106 valence electrons. The molecule has 0 atom stereocenters. The highest BCUT2D eigenvalue weighted by Crippen LogP contribution is 2.25. The van der Waals surface area contributed by atoms with E-state index in [1.54, 1.807) is 6.33 Å². The van der Waals surface area contributed by atoms with E-state index in [-0.39, 0.29) is 0 Å². The fraction of sp³-hybridized carbons (Fsp3) is 0.125. The van der Waals surface area contributed by atoms with Crippen molar-refractivity contribution in [3.63, 3.8) is 0 Å². The van der Waals surface area contributed by atoms with Crippen molar-refractivity contribution < 1.29 is 0 Å². The van der Waals surface area contributed by atoms with E-state index < -0.39 is 0 Å². The van der Waals surface area contributed by atoms with Crippen LogP contribution in [0.25, 0.3) is 10.9 Å². The number of fused-ring (bicyclic) bond motifs is 1. The lowest BCUT2D eigenvalue weighted by Crippen LogP contribution is -2.08. The molecule has 1 heterocycles. The molecular weight excluding hydrogens is 262 g/mol. The maximum Gasteiger partial charge on any atom is 0.141 e. The van der Waals surface area contributed by atoms with Crippen molar-refractivity contribution in [2.24, 2.45) is 0 Å². The molecule has 0 radical (unpaired) electrons. The molecule has 21 heavy (non-hydrogen) atoms.